The third-order valence-corrected chi connectivity index (χ3v) is 6.77. The van der Waals surface area contributed by atoms with Crippen LogP contribution in [0.1, 0.15) is 22.5 Å². The van der Waals surface area contributed by atoms with Gasteiger partial charge < -0.3 is 10.1 Å². The van der Waals surface area contributed by atoms with Crippen molar-refractivity contribution in [2.75, 3.05) is 11.1 Å². The summed E-state index contributed by atoms with van der Waals surface area (Å²) in [5.41, 5.74) is 4.86. The van der Waals surface area contributed by atoms with Gasteiger partial charge in [-0.2, -0.15) is 0 Å². The fraction of sp³-hybridized carbons (Fsp3) is 0.192. The van der Waals surface area contributed by atoms with E-state index in [1.54, 1.807) is 18.2 Å². The molecule has 0 spiro atoms. The van der Waals surface area contributed by atoms with Crippen LogP contribution >= 0.6 is 35.0 Å². The topological polar surface area (TPSA) is 69.0 Å². The molecule has 9 heteroatoms. The minimum absolute atomic E-state index is 0.117. The smallest absolute Gasteiger partial charge is 0.234 e. The SMILES string of the molecule is Cc1ccc(C)c(NC(=O)CSc2nnc(COc3ccc(Cl)cc3Cl)n2-c2ccccc2C)c1. The summed E-state index contributed by atoms with van der Waals surface area (Å²) in [5, 5.41) is 13.2. The Balaban J connectivity index is 1.55. The van der Waals surface area contributed by atoms with Crippen LogP contribution in [-0.2, 0) is 11.4 Å². The van der Waals surface area contributed by atoms with Crippen molar-refractivity contribution < 1.29 is 9.53 Å². The van der Waals surface area contributed by atoms with Gasteiger partial charge in [0.05, 0.1) is 16.5 Å². The molecule has 0 bridgehead atoms. The number of carbonyl (C=O) groups excluding carboxylic acids is 1. The fourth-order valence-electron chi connectivity index (χ4n) is 3.47. The van der Waals surface area contributed by atoms with Crippen LogP contribution < -0.4 is 10.1 Å². The highest BCUT2D eigenvalue weighted by Gasteiger charge is 2.18. The van der Waals surface area contributed by atoms with E-state index in [2.05, 4.69) is 15.5 Å². The molecule has 0 unspecified atom stereocenters. The third-order valence-electron chi connectivity index (χ3n) is 5.31. The second-order valence-electron chi connectivity index (χ2n) is 8.04. The van der Waals surface area contributed by atoms with Gasteiger partial charge in [0.2, 0.25) is 5.91 Å². The van der Waals surface area contributed by atoms with E-state index in [1.165, 1.54) is 11.8 Å². The number of aryl methyl sites for hydroxylation is 3. The van der Waals surface area contributed by atoms with Crippen LogP contribution in [0.25, 0.3) is 5.69 Å². The highest BCUT2D eigenvalue weighted by atomic mass is 35.5. The number of nitrogens with one attached hydrogen (secondary N) is 1. The maximum atomic E-state index is 12.7. The number of hydrogen-bond acceptors (Lipinski definition) is 5. The quantitative estimate of drug-likeness (QED) is 0.255. The Labute approximate surface area is 218 Å². The van der Waals surface area contributed by atoms with Crippen molar-refractivity contribution in [2.45, 2.75) is 32.5 Å². The Bertz CT molecular complexity index is 1370. The normalized spacial score (nSPS) is 10.9. The van der Waals surface area contributed by atoms with E-state index in [-0.39, 0.29) is 18.3 Å². The molecule has 180 valence electrons. The van der Waals surface area contributed by atoms with E-state index in [0.717, 1.165) is 28.1 Å². The van der Waals surface area contributed by atoms with Gasteiger partial charge in [-0.15, -0.1) is 10.2 Å². The summed E-state index contributed by atoms with van der Waals surface area (Å²) in [6.45, 7) is 6.11. The highest BCUT2D eigenvalue weighted by Crippen LogP contribution is 2.29. The number of ether oxygens (including phenoxy) is 1. The van der Waals surface area contributed by atoms with E-state index >= 15 is 0 Å². The van der Waals surface area contributed by atoms with Gasteiger partial charge in [0, 0.05) is 10.7 Å². The number of rotatable bonds is 8. The Morgan fingerprint density at radius 3 is 2.57 bits per heavy atom. The summed E-state index contributed by atoms with van der Waals surface area (Å²) in [6, 6.07) is 18.9. The van der Waals surface area contributed by atoms with Gasteiger partial charge >= 0.3 is 0 Å². The van der Waals surface area contributed by atoms with Crippen molar-refractivity contribution in [3.8, 4) is 11.4 Å². The van der Waals surface area contributed by atoms with Crippen LogP contribution in [-0.4, -0.2) is 26.4 Å². The number of thioether (sulfide) groups is 1. The van der Waals surface area contributed by atoms with E-state index in [4.69, 9.17) is 27.9 Å². The summed E-state index contributed by atoms with van der Waals surface area (Å²) in [5.74, 6) is 1.15. The Morgan fingerprint density at radius 1 is 1.00 bits per heavy atom. The van der Waals surface area contributed by atoms with Crippen LogP contribution in [0.4, 0.5) is 5.69 Å². The maximum Gasteiger partial charge on any atom is 0.234 e. The first-order chi connectivity index (χ1) is 16.8. The zero-order valence-corrected chi connectivity index (χ0v) is 21.8. The van der Waals surface area contributed by atoms with Gasteiger partial charge in [-0.05, 0) is 67.8 Å². The van der Waals surface area contributed by atoms with Crippen molar-refractivity contribution in [3.63, 3.8) is 0 Å². The largest absolute Gasteiger partial charge is 0.484 e. The summed E-state index contributed by atoms with van der Waals surface area (Å²) in [6.07, 6.45) is 0. The van der Waals surface area contributed by atoms with E-state index < -0.39 is 0 Å². The van der Waals surface area contributed by atoms with Crippen LogP contribution in [0, 0.1) is 20.8 Å². The average molecular weight is 527 g/mol. The Morgan fingerprint density at radius 2 is 1.80 bits per heavy atom. The first kappa shape index (κ1) is 25.1. The first-order valence-electron chi connectivity index (χ1n) is 10.9. The molecule has 4 rings (SSSR count). The fourth-order valence-corrected chi connectivity index (χ4v) is 4.69. The molecule has 35 heavy (non-hydrogen) atoms. The lowest BCUT2D eigenvalue weighted by molar-refractivity contribution is -0.113. The zero-order valence-electron chi connectivity index (χ0n) is 19.5. The summed E-state index contributed by atoms with van der Waals surface area (Å²) in [7, 11) is 0. The molecule has 3 aromatic carbocycles. The molecule has 0 radical (unpaired) electrons. The molecule has 1 N–H and O–H groups in total. The standard InChI is InChI=1S/C26H24Cl2N4O2S/c1-16-8-9-17(2)21(12-16)29-25(33)15-35-26-31-30-24(32(26)22-7-5-4-6-18(22)3)14-34-23-11-10-19(27)13-20(23)28/h4-13H,14-15H2,1-3H3,(H,29,33). The number of carbonyl (C=O) groups is 1. The van der Waals surface area contributed by atoms with Gasteiger partial charge in [-0.25, -0.2) is 0 Å². The molecule has 4 aromatic rings. The number of benzene rings is 3. The maximum absolute atomic E-state index is 12.7. The molecule has 0 saturated carbocycles. The summed E-state index contributed by atoms with van der Waals surface area (Å²) < 4.78 is 7.83. The predicted octanol–water partition coefficient (Wildman–Crippen LogP) is 6.81. The summed E-state index contributed by atoms with van der Waals surface area (Å²) >= 11 is 13.6. The molecule has 0 aliphatic heterocycles. The Kier molecular flexibility index (Phi) is 8.00. The molecule has 0 saturated heterocycles. The minimum atomic E-state index is -0.117. The van der Waals surface area contributed by atoms with Gasteiger partial charge in [-0.1, -0.05) is 65.3 Å². The molecule has 1 aromatic heterocycles. The molecular weight excluding hydrogens is 503 g/mol. The first-order valence-corrected chi connectivity index (χ1v) is 12.6. The molecule has 1 heterocycles. The van der Waals surface area contributed by atoms with Crippen molar-refractivity contribution >= 4 is 46.6 Å². The molecule has 0 fully saturated rings. The van der Waals surface area contributed by atoms with Crippen molar-refractivity contribution in [1.82, 2.24) is 14.8 Å². The van der Waals surface area contributed by atoms with Crippen LogP contribution in [0.5, 0.6) is 5.75 Å². The number of para-hydroxylation sites is 1. The molecule has 6 nitrogen and oxygen atoms in total. The molecule has 0 atom stereocenters. The van der Waals surface area contributed by atoms with Gasteiger partial charge in [0.15, 0.2) is 11.0 Å². The lowest BCUT2D eigenvalue weighted by atomic mass is 10.1. The highest BCUT2D eigenvalue weighted by molar-refractivity contribution is 7.99. The van der Waals surface area contributed by atoms with Gasteiger partial charge in [0.25, 0.3) is 0 Å². The summed E-state index contributed by atoms with van der Waals surface area (Å²) in [4.78, 5) is 12.7. The van der Waals surface area contributed by atoms with E-state index in [1.807, 2.05) is 67.8 Å². The minimum Gasteiger partial charge on any atom is -0.484 e. The van der Waals surface area contributed by atoms with Crippen molar-refractivity contribution in [2.24, 2.45) is 0 Å². The molecule has 0 aliphatic rings. The predicted molar refractivity (Wildman–Crippen MR) is 142 cm³/mol. The average Bonchev–Trinajstić information content (AvgIpc) is 3.22. The third kappa shape index (κ3) is 6.17. The number of nitrogens with zero attached hydrogens (tertiary/aromatic N) is 3. The second-order valence-corrected chi connectivity index (χ2v) is 9.83. The second kappa shape index (κ2) is 11.2. The lowest BCUT2D eigenvalue weighted by Crippen LogP contribution is -2.15. The molecular formula is C26H24Cl2N4O2S. The van der Waals surface area contributed by atoms with Crippen molar-refractivity contribution in [1.29, 1.82) is 0 Å². The number of halogens is 2. The number of amides is 1. The lowest BCUT2D eigenvalue weighted by Gasteiger charge is -2.14. The van der Waals surface area contributed by atoms with Crippen molar-refractivity contribution in [3.05, 3.63) is 93.2 Å². The van der Waals surface area contributed by atoms with E-state index in [0.29, 0.717) is 26.8 Å². The van der Waals surface area contributed by atoms with Gasteiger partial charge in [0.1, 0.15) is 12.4 Å². The molecule has 1 amide bonds. The Hall–Kier alpha value is -3.00. The van der Waals surface area contributed by atoms with E-state index in [9.17, 15) is 4.79 Å². The zero-order chi connectivity index (χ0) is 24.9. The van der Waals surface area contributed by atoms with Crippen LogP contribution in [0.15, 0.2) is 65.8 Å². The van der Waals surface area contributed by atoms with Crippen LogP contribution in [0.3, 0.4) is 0 Å². The van der Waals surface area contributed by atoms with Gasteiger partial charge in [-0.3, -0.25) is 9.36 Å². The number of hydrogen-bond donors (Lipinski definition) is 1. The number of aromatic nitrogens is 3. The molecule has 0 aliphatic carbocycles. The number of anilines is 1. The van der Waals surface area contributed by atoms with Crippen LogP contribution in [0.2, 0.25) is 10.0 Å². The monoisotopic (exact) mass is 526 g/mol.